The summed E-state index contributed by atoms with van der Waals surface area (Å²) in [5, 5.41) is 21.9. The van der Waals surface area contributed by atoms with E-state index in [1.54, 1.807) is 26.0 Å². The molecule has 3 saturated heterocycles. The van der Waals surface area contributed by atoms with Gasteiger partial charge in [-0.05, 0) is 38.5 Å². The quantitative estimate of drug-likeness (QED) is 0.454. The lowest BCUT2D eigenvalue weighted by Gasteiger charge is -2.49. The van der Waals surface area contributed by atoms with Crippen LogP contribution in [0.15, 0.2) is 24.3 Å². The highest BCUT2D eigenvalue weighted by Crippen LogP contribution is 2.46. The van der Waals surface area contributed by atoms with Crippen LogP contribution in [0, 0.1) is 0 Å². The number of aromatic hydroxyl groups is 1. The van der Waals surface area contributed by atoms with Crippen LogP contribution in [-0.4, -0.2) is 75.8 Å². The van der Waals surface area contributed by atoms with E-state index in [0.29, 0.717) is 11.1 Å². The third kappa shape index (κ3) is 4.04. The Kier molecular flexibility index (Phi) is 5.91. The zero-order valence-corrected chi connectivity index (χ0v) is 22.8. The van der Waals surface area contributed by atoms with Crippen LogP contribution >= 0.6 is 0 Å². The zero-order chi connectivity index (χ0) is 29.0. The maximum atomic E-state index is 13.7. The van der Waals surface area contributed by atoms with Crippen LogP contribution < -0.4 is 0 Å². The molecule has 0 amide bonds. The summed E-state index contributed by atoms with van der Waals surface area (Å²) in [4.78, 5) is 52.6. The minimum Gasteiger partial charge on any atom is -0.507 e. The molecule has 0 unspecified atom stereocenters. The van der Waals surface area contributed by atoms with Gasteiger partial charge in [0.15, 0.2) is 29.4 Å². The van der Waals surface area contributed by atoms with Crippen molar-refractivity contribution in [3.05, 3.63) is 63.2 Å². The Bertz CT molecular complexity index is 1540. The summed E-state index contributed by atoms with van der Waals surface area (Å²) in [5.74, 6) is -1.89. The third-order valence-electron chi connectivity index (χ3n) is 8.98. The molecule has 2 N–H and O–H groups in total. The first kappa shape index (κ1) is 26.6. The van der Waals surface area contributed by atoms with Gasteiger partial charge in [0.2, 0.25) is 0 Å². The lowest BCUT2D eigenvalue weighted by molar-refractivity contribution is -0.347. The van der Waals surface area contributed by atoms with Gasteiger partial charge in [0.25, 0.3) is 0 Å². The predicted octanol–water partition coefficient (Wildman–Crippen LogP) is 2.75. The molecule has 0 saturated carbocycles. The Morgan fingerprint density at radius 3 is 2.32 bits per heavy atom. The van der Waals surface area contributed by atoms with Crippen molar-refractivity contribution < 1.29 is 48.3 Å². The summed E-state index contributed by atoms with van der Waals surface area (Å²) in [6.07, 6.45) is -3.31. The lowest BCUT2D eigenvalue weighted by atomic mass is 9.73. The molecule has 3 fully saturated rings. The zero-order valence-electron chi connectivity index (χ0n) is 22.8. The first-order valence-corrected chi connectivity index (χ1v) is 13.9. The summed E-state index contributed by atoms with van der Waals surface area (Å²) in [5.41, 5.74) is -0.250. The molecule has 2 aromatic rings. The van der Waals surface area contributed by atoms with Crippen molar-refractivity contribution in [2.75, 3.05) is 0 Å². The largest absolute Gasteiger partial charge is 0.507 e. The van der Waals surface area contributed by atoms with Gasteiger partial charge in [0.05, 0.1) is 29.5 Å². The molecule has 41 heavy (non-hydrogen) atoms. The van der Waals surface area contributed by atoms with E-state index in [4.69, 9.17) is 18.9 Å². The van der Waals surface area contributed by atoms with E-state index < -0.39 is 65.9 Å². The average Bonchev–Trinajstić information content (AvgIpc) is 2.90. The van der Waals surface area contributed by atoms with E-state index in [-0.39, 0.29) is 65.0 Å². The van der Waals surface area contributed by atoms with Crippen LogP contribution in [0.3, 0.4) is 0 Å². The van der Waals surface area contributed by atoms with Crippen LogP contribution in [0.4, 0.5) is 0 Å². The smallest absolute Gasteiger partial charge is 0.198 e. The third-order valence-corrected chi connectivity index (χ3v) is 8.98. The molecular formula is C31H30O10. The monoisotopic (exact) mass is 562 g/mol. The molecule has 2 aromatic carbocycles. The van der Waals surface area contributed by atoms with Gasteiger partial charge in [-0.15, -0.1) is 0 Å². The number of carbonyl (C=O) groups is 4. The molecule has 8 atom stereocenters. The molecule has 3 heterocycles. The van der Waals surface area contributed by atoms with Crippen LogP contribution in [-0.2, 0) is 30.2 Å². The van der Waals surface area contributed by atoms with Crippen LogP contribution in [0.2, 0.25) is 0 Å². The molecule has 7 rings (SSSR count). The van der Waals surface area contributed by atoms with Crippen molar-refractivity contribution in [1.29, 1.82) is 0 Å². The number of ether oxygens (including phenoxy) is 4. The number of Topliss-reactive ketones (excluding diaryl/α,β-unsaturated/α-hetero) is 2. The van der Waals surface area contributed by atoms with Gasteiger partial charge in [-0.1, -0.05) is 12.1 Å². The second-order valence-electron chi connectivity index (χ2n) is 12.1. The number of phenolic OH excluding ortho intramolecular Hbond substituents is 1. The van der Waals surface area contributed by atoms with Gasteiger partial charge in [0.1, 0.15) is 24.1 Å². The fourth-order valence-electron chi connectivity index (χ4n) is 7.01. The summed E-state index contributed by atoms with van der Waals surface area (Å²) in [7, 11) is 0. The highest BCUT2D eigenvalue weighted by atomic mass is 16.7. The fraction of sp³-hybridized carbons (Fsp3) is 0.484. The highest BCUT2D eigenvalue weighted by molar-refractivity contribution is 6.32. The topological polar surface area (TPSA) is 146 Å². The number of benzene rings is 2. The number of phenols is 1. The molecule has 214 valence electrons. The maximum Gasteiger partial charge on any atom is 0.198 e. The lowest BCUT2D eigenvalue weighted by Crippen LogP contribution is -2.60. The molecule has 10 nitrogen and oxygen atoms in total. The SMILES string of the molecule is C[C@H]1O[C@@H]2O[C@H]3[C@@H](C)O[C@@H](c4ccc5c(c4O)C(=O)c4ccc6c(c4C5=O)C(=O)C[C@](C)(O)C6)C[C@H]3O[C@H]2CC1=O. The Morgan fingerprint density at radius 1 is 0.829 bits per heavy atom. The highest BCUT2D eigenvalue weighted by Gasteiger charge is 2.50. The Morgan fingerprint density at radius 2 is 1.54 bits per heavy atom. The number of ketones is 4. The van der Waals surface area contributed by atoms with E-state index in [2.05, 4.69) is 0 Å². The van der Waals surface area contributed by atoms with E-state index in [9.17, 15) is 29.4 Å². The Hall–Kier alpha value is -3.28. The van der Waals surface area contributed by atoms with Gasteiger partial charge < -0.3 is 29.2 Å². The standard InChI is InChI=1S/C31H30O10/c1-12-18(32)8-22-30(39-12)41-29-13(2)38-20(9-21(29)40-22)15-6-7-17-25(26(15)34)28(36)16-5-4-14-10-31(3,37)11-19(33)23(14)24(16)27(17)35/h4-7,12-13,20-22,29-30,34,37H,8-11H2,1-3H3/t12-,13-,20-,21-,22+,29+,30-,31-/m1/s1. The van der Waals surface area contributed by atoms with Gasteiger partial charge in [0, 0.05) is 53.5 Å². The summed E-state index contributed by atoms with van der Waals surface area (Å²) < 4.78 is 24.3. The normalized spacial score (nSPS) is 36.1. The number of hydrogen-bond donors (Lipinski definition) is 2. The maximum absolute atomic E-state index is 13.7. The van der Waals surface area contributed by atoms with Crippen molar-refractivity contribution in [3.63, 3.8) is 0 Å². The molecule has 3 aliphatic heterocycles. The fourth-order valence-corrected chi connectivity index (χ4v) is 7.01. The Balaban J connectivity index is 1.21. The molecule has 0 spiro atoms. The van der Waals surface area contributed by atoms with E-state index in [1.165, 1.54) is 12.1 Å². The number of fused-ring (bicyclic) bond motifs is 6. The predicted molar refractivity (Wildman–Crippen MR) is 140 cm³/mol. The summed E-state index contributed by atoms with van der Waals surface area (Å²) >= 11 is 0. The van der Waals surface area contributed by atoms with Gasteiger partial charge in [-0.3, -0.25) is 19.2 Å². The van der Waals surface area contributed by atoms with Gasteiger partial charge in [-0.25, -0.2) is 0 Å². The van der Waals surface area contributed by atoms with Crippen molar-refractivity contribution in [3.8, 4) is 5.75 Å². The van der Waals surface area contributed by atoms with Crippen molar-refractivity contribution in [2.24, 2.45) is 0 Å². The minimum absolute atomic E-state index is 0.0103. The minimum atomic E-state index is -1.23. The second-order valence-corrected chi connectivity index (χ2v) is 12.1. The molecular weight excluding hydrogens is 532 g/mol. The van der Waals surface area contributed by atoms with Crippen LogP contribution in [0.1, 0.15) is 99.5 Å². The molecule has 10 heteroatoms. The second kappa shape index (κ2) is 9.11. The number of hydrogen-bond acceptors (Lipinski definition) is 10. The van der Waals surface area contributed by atoms with E-state index >= 15 is 0 Å². The molecule has 0 bridgehead atoms. The van der Waals surface area contributed by atoms with Crippen LogP contribution in [0.25, 0.3) is 0 Å². The average molecular weight is 563 g/mol. The van der Waals surface area contributed by atoms with Gasteiger partial charge in [-0.2, -0.15) is 0 Å². The van der Waals surface area contributed by atoms with Crippen LogP contribution in [0.5, 0.6) is 5.75 Å². The van der Waals surface area contributed by atoms with E-state index in [1.807, 2.05) is 6.92 Å². The van der Waals surface area contributed by atoms with E-state index in [0.717, 1.165) is 0 Å². The Labute approximate surface area is 235 Å². The molecule has 0 aromatic heterocycles. The molecule has 5 aliphatic rings. The summed E-state index contributed by atoms with van der Waals surface area (Å²) in [6, 6.07) is 6.13. The number of rotatable bonds is 1. The first-order valence-electron chi connectivity index (χ1n) is 13.9. The first-order chi connectivity index (χ1) is 19.4. The molecule has 2 aliphatic carbocycles. The summed E-state index contributed by atoms with van der Waals surface area (Å²) in [6.45, 7) is 5.07. The van der Waals surface area contributed by atoms with Crippen molar-refractivity contribution >= 4 is 23.1 Å². The number of aliphatic hydroxyl groups is 1. The molecule has 0 radical (unpaired) electrons. The number of carbonyl (C=O) groups excluding carboxylic acids is 4. The van der Waals surface area contributed by atoms with Crippen molar-refractivity contribution in [2.45, 2.75) is 95.0 Å². The van der Waals surface area contributed by atoms with Gasteiger partial charge >= 0.3 is 0 Å². The van der Waals surface area contributed by atoms with Crippen molar-refractivity contribution in [1.82, 2.24) is 0 Å².